The molecule has 0 radical (unpaired) electrons. The van der Waals surface area contributed by atoms with Crippen molar-refractivity contribution in [3.63, 3.8) is 0 Å². The summed E-state index contributed by atoms with van der Waals surface area (Å²) < 4.78 is 1.99. The SMILES string of the molecule is C=CC(=O)Nc1ccc(-c2cnc(Nc3ccccc3C)c3cncn23)cc1. The number of carbonyl (C=O) groups is 1. The van der Waals surface area contributed by atoms with Crippen LogP contribution in [0.25, 0.3) is 16.8 Å². The first-order valence-electron chi connectivity index (χ1n) is 8.83. The van der Waals surface area contributed by atoms with Crippen LogP contribution in [0.2, 0.25) is 0 Å². The summed E-state index contributed by atoms with van der Waals surface area (Å²) in [5.41, 5.74) is 5.61. The molecule has 4 aromatic rings. The molecule has 6 heteroatoms. The Labute approximate surface area is 162 Å². The molecule has 0 unspecified atom stereocenters. The highest BCUT2D eigenvalue weighted by Gasteiger charge is 2.11. The lowest BCUT2D eigenvalue weighted by atomic mass is 10.1. The Hall–Kier alpha value is -3.93. The summed E-state index contributed by atoms with van der Waals surface area (Å²) in [4.78, 5) is 20.3. The van der Waals surface area contributed by atoms with E-state index in [0.717, 1.165) is 33.8 Å². The van der Waals surface area contributed by atoms with Gasteiger partial charge >= 0.3 is 0 Å². The van der Waals surface area contributed by atoms with Gasteiger partial charge in [0.1, 0.15) is 5.52 Å². The number of imidazole rings is 1. The zero-order chi connectivity index (χ0) is 19.5. The number of benzene rings is 2. The topological polar surface area (TPSA) is 71.3 Å². The zero-order valence-corrected chi connectivity index (χ0v) is 15.4. The molecule has 0 atom stereocenters. The van der Waals surface area contributed by atoms with Gasteiger partial charge in [0.2, 0.25) is 5.91 Å². The molecule has 2 aromatic heterocycles. The predicted molar refractivity (Wildman–Crippen MR) is 112 cm³/mol. The summed E-state index contributed by atoms with van der Waals surface area (Å²) >= 11 is 0. The summed E-state index contributed by atoms with van der Waals surface area (Å²) in [5, 5.41) is 6.13. The molecule has 0 spiro atoms. The monoisotopic (exact) mass is 369 g/mol. The van der Waals surface area contributed by atoms with Gasteiger partial charge in [0, 0.05) is 16.9 Å². The molecule has 0 bridgehead atoms. The van der Waals surface area contributed by atoms with E-state index in [1.165, 1.54) is 6.08 Å². The van der Waals surface area contributed by atoms with Crippen LogP contribution in [0.5, 0.6) is 0 Å². The van der Waals surface area contributed by atoms with E-state index in [1.54, 1.807) is 12.5 Å². The van der Waals surface area contributed by atoms with Crippen LogP contribution >= 0.6 is 0 Å². The summed E-state index contributed by atoms with van der Waals surface area (Å²) in [6.07, 6.45) is 6.61. The number of hydrogen-bond donors (Lipinski definition) is 2. The van der Waals surface area contributed by atoms with Gasteiger partial charge in [0.05, 0.1) is 24.4 Å². The van der Waals surface area contributed by atoms with Gasteiger partial charge in [0.15, 0.2) is 5.82 Å². The smallest absolute Gasteiger partial charge is 0.247 e. The molecule has 28 heavy (non-hydrogen) atoms. The maximum atomic E-state index is 11.4. The van der Waals surface area contributed by atoms with Gasteiger partial charge < -0.3 is 10.6 Å². The van der Waals surface area contributed by atoms with Crippen LogP contribution in [-0.2, 0) is 4.79 Å². The van der Waals surface area contributed by atoms with E-state index in [-0.39, 0.29) is 5.91 Å². The molecule has 0 aliphatic heterocycles. The molecule has 138 valence electrons. The number of hydrogen-bond acceptors (Lipinski definition) is 4. The number of carbonyl (C=O) groups excluding carboxylic acids is 1. The van der Waals surface area contributed by atoms with Gasteiger partial charge in [-0.2, -0.15) is 0 Å². The summed E-state index contributed by atoms with van der Waals surface area (Å²) in [6, 6.07) is 15.6. The highest BCUT2D eigenvalue weighted by molar-refractivity contribution is 5.99. The Morgan fingerprint density at radius 3 is 2.64 bits per heavy atom. The van der Waals surface area contributed by atoms with Gasteiger partial charge in [-0.3, -0.25) is 9.20 Å². The van der Waals surface area contributed by atoms with E-state index in [1.807, 2.05) is 53.1 Å². The first-order valence-corrected chi connectivity index (χ1v) is 8.83. The summed E-state index contributed by atoms with van der Waals surface area (Å²) in [6.45, 7) is 5.51. The second-order valence-electron chi connectivity index (χ2n) is 6.35. The van der Waals surface area contributed by atoms with Gasteiger partial charge in [-0.1, -0.05) is 36.9 Å². The third kappa shape index (κ3) is 3.35. The molecule has 1 amide bonds. The molecule has 0 aliphatic carbocycles. The second kappa shape index (κ2) is 7.36. The van der Waals surface area contributed by atoms with E-state index < -0.39 is 0 Å². The minimum Gasteiger partial charge on any atom is -0.338 e. The number of aryl methyl sites for hydroxylation is 1. The van der Waals surface area contributed by atoms with Crippen molar-refractivity contribution in [2.24, 2.45) is 0 Å². The Balaban J connectivity index is 1.68. The maximum absolute atomic E-state index is 11.4. The molecule has 0 aliphatic rings. The van der Waals surface area contributed by atoms with Crippen molar-refractivity contribution in [2.45, 2.75) is 6.92 Å². The molecule has 0 saturated heterocycles. The van der Waals surface area contributed by atoms with Crippen LogP contribution in [0, 0.1) is 6.92 Å². The standard InChI is InChI=1S/C22H19N5O/c1-3-21(28)25-17-10-8-16(9-11-17)19-13-24-22(20-12-23-14-27(19)20)26-18-7-5-4-6-15(18)2/h3-14H,1H2,2H3,(H,24,26)(H,25,28). The zero-order valence-electron chi connectivity index (χ0n) is 15.4. The van der Waals surface area contributed by atoms with Crippen LogP contribution in [0.4, 0.5) is 17.2 Å². The Morgan fingerprint density at radius 1 is 1.11 bits per heavy atom. The van der Waals surface area contributed by atoms with Crippen molar-refractivity contribution >= 4 is 28.6 Å². The van der Waals surface area contributed by atoms with E-state index in [0.29, 0.717) is 5.69 Å². The highest BCUT2D eigenvalue weighted by atomic mass is 16.1. The number of aromatic nitrogens is 3. The largest absolute Gasteiger partial charge is 0.338 e. The molecule has 0 fully saturated rings. The van der Waals surface area contributed by atoms with E-state index >= 15 is 0 Å². The number of nitrogens with zero attached hydrogens (tertiary/aromatic N) is 3. The maximum Gasteiger partial charge on any atom is 0.247 e. The number of amides is 1. The molecular formula is C22H19N5O. The van der Waals surface area contributed by atoms with Crippen LogP contribution in [0.3, 0.4) is 0 Å². The molecule has 0 saturated carbocycles. The lowest BCUT2D eigenvalue weighted by Crippen LogP contribution is -2.07. The normalized spacial score (nSPS) is 10.6. The number of rotatable bonds is 5. The molecule has 6 nitrogen and oxygen atoms in total. The van der Waals surface area contributed by atoms with Crippen LogP contribution in [0.1, 0.15) is 5.56 Å². The van der Waals surface area contributed by atoms with Gasteiger partial charge in [-0.15, -0.1) is 0 Å². The third-order valence-corrected chi connectivity index (χ3v) is 4.49. The average molecular weight is 369 g/mol. The molecule has 2 aromatic carbocycles. The number of para-hydroxylation sites is 1. The van der Waals surface area contributed by atoms with E-state index in [4.69, 9.17) is 0 Å². The highest BCUT2D eigenvalue weighted by Crippen LogP contribution is 2.27. The van der Waals surface area contributed by atoms with E-state index in [9.17, 15) is 4.79 Å². The fourth-order valence-corrected chi connectivity index (χ4v) is 2.98. The van der Waals surface area contributed by atoms with E-state index in [2.05, 4.69) is 40.2 Å². The minimum absolute atomic E-state index is 0.238. The fraction of sp³-hybridized carbons (Fsp3) is 0.0455. The lowest BCUT2D eigenvalue weighted by Gasteiger charge is -2.12. The summed E-state index contributed by atoms with van der Waals surface area (Å²) in [5.74, 6) is 0.503. The lowest BCUT2D eigenvalue weighted by molar-refractivity contribution is -0.111. The second-order valence-corrected chi connectivity index (χ2v) is 6.35. The fourth-order valence-electron chi connectivity index (χ4n) is 2.98. The first-order chi connectivity index (χ1) is 13.7. The van der Waals surface area contributed by atoms with Crippen LogP contribution < -0.4 is 10.6 Å². The van der Waals surface area contributed by atoms with Crippen molar-refractivity contribution in [1.82, 2.24) is 14.4 Å². The third-order valence-electron chi connectivity index (χ3n) is 4.49. The van der Waals surface area contributed by atoms with Gasteiger partial charge in [-0.05, 0) is 36.8 Å². The predicted octanol–water partition coefficient (Wildman–Crippen LogP) is 4.57. The molecule has 2 heterocycles. The summed E-state index contributed by atoms with van der Waals surface area (Å²) in [7, 11) is 0. The number of fused-ring (bicyclic) bond motifs is 1. The van der Waals surface area contributed by atoms with Crippen LogP contribution in [0.15, 0.2) is 79.9 Å². The van der Waals surface area contributed by atoms with Crippen LogP contribution in [-0.4, -0.2) is 20.3 Å². The number of nitrogens with one attached hydrogen (secondary N) is 2. The average Bonchev–Trinajstić information content (AvgIpc) is 3.21. The Bertz CT molecular complexity index is 1160. The van der Waals surface area contributed by atoms with Gasteiger partial charge in [0.25, 0.3) is 0 Å². The Morgan fingerprint density at radius 2 is 1.89 bits per heavy atom. The molecule has 4 rings (SSSR count). The first kappa shape index (κ1) is 17.5. The Kier molecular flexibility index (Phi) is 4.60. The quantitative estimate of drug-likeness (QED) is 0.506. The number of anilines is 3. The molecular weight excluding hydrogens is 350 g/mol. The van der Waals surface area contributed by atoms with Crippen molar-refractivity contribution < 1.29 is 4.79 Å². The van der Waals surface area contributed by atoms with Crippen molar-refractivity contribution in [2.75, 3.05) is 10.6 Å². The van der Waals surface area contributed by atoms with Crippen molar-refractivity contribution in [3.05, 3.63) is 85.5 Å². The van der Waals surface area contributed by atoms with Crippen molar-refractivity contribution in [3.8, 4) is 11.3 Å². The molecule has 2 N–H and O–H groups in total. The van der Waals surface area contributed by atoms with Crippen molar-refractivity contribution in [1.29, 1.82) is 0 Å². The minimum atomic E-state index is -0.238. The van der Waals surface area contributed by atoms with Gasteiger partial charge in [-0.25, -0.2) is 9.97 Å².